The van der Waals surface area contributed by atoms with E-state index < -0.39 is 31.5 Å². The molecule has 152 valence electrons. The Morgan fingerprint density at radius 3 is 2.37 bits per heavy atom. The summed E-state index contributed by atoms with van der Waals surface area (Å²) in [5, 5.41) is 13.1. The van der Waals surface area contributed by atoms with Gasteiger partial charge in [0, 0.05) is 19.2 Å². The van der Waals surface area contributed by atoms with Gasteiger partial charge in [-0.3, -0.25) is 19.4 Å². The third-order valence-electron chi connectivity index (χ3n) is 3.09. The molecule has 0 spiro atoms. The molecule has 0 amide bonds. The number of ether oxygens (including phenoxy) is 2. The average Bonchev–Trinajstić information content (AvgIpc) is 2.59. The van der Waals surface area contributed by atoms with E-state index in [0.29, 0.717) is 0 Å². The number of non-ortho nitro benzene ring substituents is 1. The highest BCUT2D eigenvalue weighted by molar-refractivity contribution is 7.51. The lowest BCUT2D eigenvalue weighted by molar-refractivity contribution is -0.384. The topological polar surface area (TPSA) is 126 Å². The maximum absolute atomic E-state index is 12.5. The summed E-state index contributed by atoms with van der Waals surface area (Å²) in [6, 6.07) is 4.34. The number of carbonyl (C=O) groups excluding carboxylic acids is 1. The molecule has 2 atom stereocenters. The minimum Gasteiger partial charge on any atom is -0.467 e. The van der Waals surface area contributed by atoms with Crippen molar-refractivity contribution in [3.05, 3.63) is 34.4 Å². The molecule has 0 heterocycles. The van der Waals surface area contributed by atoms with Crippen molar-refractivity contribution >= 4 is 19.4 Å². The standard InChI is InChI=1S/C16H25N2O8P/c1-12(15(19)24-10-16(2,3)4)17-27(22,23-5)26-11-25-14-8-6-13(7-9-14)18(20)21/h6-9,12H,10-11H2,1-5H3,(H,17,22). The number of nitro groups is 1. The zero-order valence-corrected chi connectivity index (χ0v) is 16.9. The average molecular weight is 404 g/mol. The van der Waals surface area contributed by atoms with Gasteiger partial charge in [0.2, 0.25) is 0 Å². The van der Waals surface area contributed by atoms with E-state index in [9.17, 15) is 19.5 Å². The molecule has 0 bridgehead atoms. The first-order valence-corrected chi connectivity index (χ1v) is 9.62. The molecule has 0 aliphatic heterocycles. The smallest absolute Gasteiger partial charge is 0.408 e. The van der Waals surface area contributed by atoms with E-state index in [1.807, 2.05) is 20.8 Å². The lowest BCUT2D eigenvalue weighted by Crippen LogP contribution is -2.35. The molecular weight excluding hydrogens is 379 g/mol. The Morgan fingerprint density at radius 1 is 1.30 bits per heavy atom. The highest BCUT2D eigenvalue weighted by atomic mass is 31.2. The molecule has 1 rings (SSSR count). The second-order valence-corrected chi connectivity index (χ2v) is 8.72. The van der Waals surface area contributed by atoms with Gasteiger partial charge in [0.1, 0.15) is 11.8 Å². The van der Waals surface area contributed by atoms with Gasteiger partial charge in [0.25, 0.3) is 5.69 Å². The highest BCUT2D eigenvalue weighted by Gasteiger charge is 2.30. The van der Waals surface area contributed by atoms with Crippen LogP contribution in [0.25, 0.3) is 0 Å². The number of hydrogen-bond donors (Lipinski definition) is 1. The number of rotatable bonds is 10. The Labute approximate surface area is 157 Å². The number of esters is 1. The summed E-state index contributed by atoms with van der Waals surface area (Å²) in [6.45, 7) is 6.96. The monoisotopic (exact) mass is 404 g/mol. The zero-order valence-electron chi connectivity index (χ0n) is 16.0. The van der Waals surface area contributed by atoms with Gasteiger partial charge in [-0.1, -0.05) is 20.8 Å². The van der Waals surface area contributed by atoms with E-state index in [4.69, 9.17) is 18.5 Å². The maximum Gasteiger partial charge on any atom is 0.408 e. The number of benzene rings is 1. The van der Waals surface area contributed by atoms with E-state index in [-0.39, 0.29) is 23.5 Å². The Bertz CT molecular complexity index is 687. The van der Waals surface area contributed by atoms with E-state index in [1.54, 1.807) is 0 Å². The summed E-state index contributed by atoms with van der Waals surface area (Å²) in [5.41, 5.74) is -0.287. The zero-order chi connectivity index (χ0) is 20.7. The molecule has 2 unspecified atom stereocenters. The van der Waals surface area contributed by atoms with Crippen LogP contribution in [0.3, 0.4) is 0 Å². The molecule has 0 aliphatic rings. The van der Waals surface area contributed by atoms with Crippen LogP contribution in [-0.4, -0.2) is 37.4 Å². The lowest BCUT2D eigenvalue weighted by atomic mass is 9.99. The van der Waals surface area contributed by atoms with Gasteiger partial charge in [-0.15, -0.1) is 0 Å². The molecule has 1 aromatic rings. The van der Waals surface area contributed by atoms with Gasteiger partial charge >= 0.3 is 13.7 Å². The molecule has 0 saturated carbocycles. The van der Waals surface area contributed by atoms with E-state index >= 15 is 0 Å². The van der Waals surface area contributed by atoms with Gasteiger partial charge in [-0.05, 0) is 24.5 Å². The fourth-order valence-corrected chi connectivity index (χ4v) is 2.73. The number of nitrogens with one attached hydrogen (secondary N) is 1. The van der Waals surface area contributed by atoms with Gasteiger partial charge in [-0.25, -0.2) is 9.65 Å². The predicted molar refractivity (Wildman–Crippen MR) is 97.3 cm³/mol. The van der Waals surface area contributed by atoms with Crippen LogP contribution in [0.2, 0.25) is 0 Å². The third-order valence-corrected chi connectivity index (χ3v) is 4.72. The molecule has 11 heteroatoms. The molecule has 27 heavy (non-hydrogen) atoms. The van der Waals surface area contributed by atoms with E-state index in [0.717, 1.165) is 7.11 Å². The molecule has 0 saturated heterocycles. The van der Waals surface area contributed by atoms with Crippen LogP contribution in [0.5, 0.6) is 5.75 Å². The molecule has 0 aromatic heterocycles. The van der Waals surface area contributed by atoms with Gasteiger partial charge < -0.3 is 14.0 Å². The van der Waals surface area contributed by atoms with Crippen LogP contribution < -0.4 is 9.82 Å². The first-order valence-electron chi connectivity index (χ1n) is 8.08. The van der Waals surface area contributed by atoms with Crippen LogP contribution in [-0.2, 0) is 23.1 Å². The number of hydrogen-bond acceptors (Lipinski definition) is 8. The number of nitrogens with zero attached hydrogens (tertiary/aromatic N) is 1. The SMILES string of the molecule is COP(=O)(NC(C)C(=O)OCC(C)(C)C)OCOc1ccc([N+](=O)[O-])cc1. The fraction of sp³-hybridized carbons (Fsp3) is 0.562. The van der Waals surface area contributed by atoms with Gasteiger partial charge in [0.05, 0.1) is 11.5 Å². The van der Waals surface area contributed by atoms with E-state index in [2.05, 4.69) is 5.09 Å². The van der Waals surface area contributed by atoms with Crippen molar-refractivity contribution in [2.75, 3.05) is 20.5 Å². The van der Waals surface area contributed by atoms with Gasteiger partial charge in [0.15, 0.2) is 6.79 Å². The first-order chi connectivity index (χ1) is 12.5. The summed E-state index contributed by atoms with van der Waals surface area (Å²) in [5.74, 6) is -0.317. The van der Waals surface area contributed by atoms with E-state index in [1.165, 1.54) is 31.2 Å². The van der Waals surface area contributed by atoms with Crippen LogP contribution in [0.4, 0.5) is 5.69 Å². The van der Waals surface area contributed by atoms with Crippen LogP contribution in [0.15, 0.2) is 24.3 Å². The minimum atomic E-state index is -3.82. The first kappa shape index (κ1) is 23.0. The summed E-state index contributed by atoms with van der Waals surface area (Å²) in [7, 11) is -2.66. The predicted octanol–water partition coefficient (Wildman–Crippen LogP) is 3.27. The third kappa shape index (κ3) is 8.49. The largest absolute Gasteiger partial charge is 0.467 e. The summed E-state index contributed by atoms with van der Waals surface area (Å²) in [4.78, 5) is 22.0. The molecule has 10 nitrogen and oxygen atoms in total. The second-order valence-electron chi connectivity index (χ2n) is 6.84. The minimum absolute atomic E-state index is 0.0879. The molecule has 0 fully saturated rings. The van der Waals surface area contributed by atoms with Crippen molar-refractivity contribution in [2.24, 2.45) is 5.41 Å². The van der Waals surface area contributed by atoms with Crippen molar-refractivity contribution in [1.29, 1.82) is 0 Å². The summed E-state index contributed by atoms with van der Waals surface area (Å²) in [6.07, 6.45) is 0. The quantitative estimate of drug-likeness (QED) is 0.205. The Balaban J connectivity index is 2.53. The Morgan fingerprint density at radius 2 is 1.89 bits per heavy atom. The summed E-state index contributed by atoms with van der Waals surface area (Å²) >= 11 is 0. The fourth-order valence-electron chi connectivity index (χ4n) is 1.67. The van der Waals surface area contributed by atoms with Crippen molar-refractivity contribution in [3.8, 4) is 5.75 Å². The molecule has 1 aromatic carbocycles. The normalized spacial score (nSPS) is 14.9. The van der Waals surface area contributed by atoms with Crippen molar-refractivity contribution in [3.63, 3.8) is 0 Å². The van der Waals surface area contributed by atoms with Crippen LogP contribution in [0, 0.1) is 15.5 Å². The molecule has 0 radical (unpaired) electrons. The highest BCUT2D eigenvalue weighted by Crippen LogP contribution is 2.43. The lowest BCUT2D eigenvalue weighted by Gasteiger charge is -2.23. The van der Waals surface area contributed by atoms with Crippen molar-refractivity contribution < 1.29 is 32.8 Å². The summed E-state index contributed by atoms with van der Waals surface area (Å²) < 4.78 is 32.8. The second kappa shape index (κ2) is 9.80. The van der Waals surface area contributed by atoms with Crippen molar-refractivity contribution in [1.82, 2.24) is 5.09 Å². The number of nitro benzene ring substituents is 1. The van der Waals surface area contributed by atoms with Gasteiger partial charge in [-0.2, -0.15) is 0 Å². The van der Waals surface area contributed by atoms with Crippen molar-refractivity contribution in [2.45, 2.75) is 33.7 Å². The van der Waals surface area contributed by atoms with Crippen LogP contribution in [0.1, 0.15) is 27.7 Å². The Hall–Kier alpha value is -2.00. The Kier molecular flexibility index (Phi) is 8.36. The van der Waals surface area contributed by atoms with Crippen LogP contribution >= 0.6 is 7.75 Å². The number of carbonyl (C=O) groups is 1. The molecular formula is C16H25N2O8P. The molecule has 1 N–H and O–H groups in total. The molecule has 0 aliphatic carbocycles. The maximum atomic E-state index is 12.5.